The van der Waals surface area contributed by atoms with Crippen LogP contribution < -0.4 is 10.6 Å². The van der Waals surface area contributed by atoms with Gasteiger partial charge < -0.3 is 10.6 Å². The van der Waals surface area contributed by atoms with E-state index in [1.54, 1.807) is 0 Å². The van der Waals surface area contributed by atoms with Crippen LogP contribution in [0.1, 0.15) is 32.0 Å². The fourth-order valence-electron chi connectivity index (χ4n) is 2.70. The maximum absolute atomic E-state index is 13.8. The summed E-state index contributed by atoms with van der Waals surface area (Å²) in [6, 6.07) is 9.68. The van der Waals surface area contributed by atoms with Crippen LogP contribution in [-0.2, 0) is 0 Å². The van der Waals surface area contributed by atoms with Crippen LogP contribution >= 0.6 is 0 Å². The number of aromatic nitrogens is 1. The van der Waals surface area contributed by atoms with E-state index in [-0.39, 0.29) is 11.3 Å². The quantitative estimate of drug-likeness (QED) is 0.629. The molecule has 0 bridgehead atoms. The summed E-state index contributed by atoms with van der Waals surface area (Å²) in [6.45, 7) is 3.69. The molecule has 2 N–H and O–H groups in total. The van der Waals surface area contributed by atoms with Crippen molar-refractivity contribution in [2.75, 3.05) is 10.6 Å². The predicted molar refractivity (Wildman–Crippen MR) is 102 cm³/mol. The van der Waals surface area contributed by atoms with E-state index < -0.39 is 35.0 Å². The number of carbonyl (C=O) groups is 2. The van der Waals surface area contributed by atoms with Crippen molar-refractivity contribution >= 4 is 23.2 Å². The topological polar surface area (TPSA) is 71.1 Å². The Kier molecular flexibility index (Phi) is 5.63. The maximum Gasteiger partial charge on any atom is 0.274 e. The van der Waals surface area contributed by atoms with E-state index in [1.165, 1.54) is 18.3 Å². The van der Waals surface area contributed by atoms with Crippen LogP contribution in [0.25, 0.3) is 0 Å². The molecule has 0 unspecified atom stereocenters. The Labute approximate surface area is 164 Å². The van der Waals surface area contributed by atoms with Gasteiger partial charge in [-0.3, -0.25) is 14.6 Å². The fourth-order valence-corrected chi connectivity index (χ4v) is 2.70. The van der Waals surface area contributed by atoms with Gasteiger partial charge in [-0.1, -0.05) is 18.2 Å². The van der Waals surface area contributed by atoms with Crippen molar-refractivity contribution in [3.05, 3.63) is 88.5 Å². The fraction of sp³-hybridized carbons (Fsp3) is 0.0952. The molecule has 3 aromatic rings. The van der Waals surface area contributed by atoms with E-state index in [9.17, 15) is 22.8 Å². The zero-order valence-corrected chi connectivity index (χ0v) is 15.5. The molecule has 5 nitrogen and oxygen atoms in total. The molecule has 0 saturated heterocycles. The summed E-state index contributed by atoms with van der Waals surface area (Å²) in [5.74, 6) is -5.91. The third-order valence-corrected chi connectivity index (χ3v) is 4.26. The highest BCUT2D eigenvalue weighted by Crippen LogP contribution is 2.22. The van der Waals surface area contributed by atoms with Gasteiger partial charge >= 0.3 is 0 Å². The van der Waals surface area contributed by atoms with Crippen LogP contribution in [0, 0.1) is 31.3 Å². The first kappa shape index (κ1) is 20.1. The number of benzene rings is 2. The van der Waals surface area contributed by atoms with E-state index in [4.69, 9.17) is 0 Å². The average molecular weight is 399 g/mol. The van der Waals surface area contributed by atoms with Crippen molar-refractivity contribution < 1.29 is 22.8 Å². The third kappa shape index (κ3) is 4.26. The molecule has 29 heavy (non-hydrogen) atoms. The van der Waals surface area contributed by atoms with Gasteiger partial charge in [0.1, 0.15) is 5.69 Å². The number of anilines is 2. The van der Waals surface area contributed by atoms with Crippen LogP contribution in [0.3, 0.4) is 0 Å². The predicted octanol–water partition coefficient (Wildman–Crippen LogP) is 4.62. The molecule has 8 heteroatoms. The average Bonchev–Trinajstić information content (AvgIpc) is 2.71. The van der Waals surface area contributed by atoms with Crippen LogP contribution in [-0.4, -0.2) is 16.8 Å². The van der Waals surface area contributed by atoms with Crippen molar-refractivity contribution in [2.45, 2.75) is 13.8 Å². The van der Waals surface area contributed by atoms with Gasteiger partial charge in [-0.25, -0.2) is 13.2 Å². The minimum absolute atomic E-state index is 0.00390. The molecular weight excluding hydrogens is 383 g/mol. The van der Waals surface area contributed by atoms with E-state index in [2.05, 4.69) is 15.6 Å². The van der Waals surface area contributed by atoms with E-state index in [0.29, 0.717) is 11.8 Å². The normalized spacial score (nSPS) is 10.5. The first-order valence-electron chi connectivity index (χ1n) is 8.56. The molecule has 0 atom stereocenters. The number of halogens is 3. The Bertz CT molecular complexity index is 1100. The van der Waals surface area contributed by atoms with Crippen LogP contribution in [0.4, 0.5) is 24.5 Å². The Hall–Kier alpha value is -3.68. The lowest BCUT2D eigenvalue weighted by Gasteiger charge is -2.12. The summed E-state index contributed by atoms with van der Waals surface area (Å²) in [4.78, 5) is 28.8. The molecule has 0 aliphatic heterocycles. The lowest BCUT2D eigenvalue weighted by Crippen LogP contribution is -2.18. The molecular formula is C21H16F3N3O2. The molecule has 0 spiro atoms. The number of carbonyl (C=O) groups excluding carboxylic acids is 2. The highest BCUT2D eigenvalue weighted by atomic mass is 19.2. The zero-order valence-electron chi connectivity index (χ0n) is 15.5. The van der Waals surface area contributed by atoms with Gasteiger partial charge in [0.05, 0.1) is 5.69 Å². The molecule has 0 fully saturated rings. The minimum Gasteiger partial charge on any atom is -0.320 e. The molecule has 2 aromatic carbocycles. The highest BCUT2D eigenvalue weighted by Gasteiger charge is 2.18. The molecule has 148 valence electrons. The van der Waals surface area contributed by atoms with E-state index >= 15 is 0 Å². The molecule has 3 rings (SSSR count). The highest BCUT2D eigenvalue weighted by molar-refractivity contribution is 6.08. The van der Waals surface area contributed by atoms with Gasteiger partial charge in [-0.15, -0.1) is 0 Å². The Morgan fingerprint density at radius 2 is 1.55 bits per heavy atom. The number of para-hydroxylation sites is 1. The first-order chi connectivity index (χ1) is 13.8. The number of hydrogen-bond acceptors (Lipinski definition) is 3. The van der Waals surface area contributed by atoms with Gasteiger partial charge in [0.15, 0.2) is 17.5 Å². The number of hydrogen-bond donors (Lipinski definition) is 2. The molecule has 2 amide bonds. The van der Waals surface area contributed by atoms with Crippen molar-refractivity contribution in [3.63, 3.8) is 0 Å². The van der Waals surface area contributed by atoms with Crippen LogP contribution in [0.15, 0.2) is 48.7 Å². The van der Waals surface area contributed by atoms with E-state index in [1.807, 2.05) is 32.0 Å². The van der Waals surface area contributed by atoms with Crippen LogP contribution in [0.2, 0.25) is 0 Å². The summed E-state index contributed by atoms with van der Waals surface area (Å²) in [5.41, 5.74) is 1.80. The molecule has 0 aliphatic carbocycles. The van der Waals surface area contributed by atoms with E-state index in [0.717, 1.165) is 17.2 Å². The van der Waals surface area contributed by atoms with Crippen molar-refractivity contribution in [1.29, 1.82) is 0 Å². The lowest BCUT2D eigenvalue weighted by molar-refractivity contribution is 0.102. The van der Waals surface area contributed by atoms with Crippen molar-refractivity contribution in [3.8, 4) is 0 Å². The molecule has 0 radical (unpaired) electrons. The van der Waals surface area contributed by atoms with Gasteiger partial charge in [0.2, 0.25) is 0 Å². The number of nitrogens with one attached hydrogen (secondary N) is 2. The SMILES string of the molecule is Cc1cccc(C)c1NC(=O)c1cc(C(=O)Nc2ccc(F)c(F)c2F)ccn1. The largest absolute Gasteiger partial charge is 0.320 e. The Morgan fingerprint density at radius 3 is 2.24 bits per heavy atom. The summed E-state index contributed by atoms with van der Waals surface area (Å²) < 4.78 is 40.1. The number of aryl methyl sites for hydroxylation is 2. The monoisotopic (exact) mass is 399 g/mol. The second-order valence-corrected chi connectivity index (χ2v) is 6.33. The van der Waals surface area contributed by atoms with Gasteiger partial charge in [0, 0.05) is 17.4 Å². The number of amides is 2. The van der Waals surface area contributed by atoms with Crippen LogP contribution in [0.5, 0.6) is 0 Å². The van der Waals surface area contributed by atoms with Crippen molar-refractivity contribution in [1.82, 2.24) is 4.98 Å². The standard InChI is InChI=1S/C21H16F3N3O2/c1-11-4-3-5-12(2)19(11)27-21(29)16-10-13(8-9-25-16)20(28)26-15-7-6-14(22)17(23)18(15)24/h3-10H,1-2H3,(H,26,28)(H,27,29). The number of rotatable bonds is 4. The maximum atomic E-state index is 13.8. The smallest absolute Gasteiger partial charge is 0.274 e. The summed E-state index contributed by atoms with van der Waals surface area (Å²) in [7, 11) is 0. The zero-order chi connectivity index (χ0) is 21.1. The van der Waals surface area contributed by atoms with Gasteiger partial charge in [-0.05, 0) is 49.2 Å². The molecule has 1 aromatic heterocycles. The first-order valence-corrected chi connectivity index (χ1v) is 8.56. The summed E-state index contributed by atoms with van der Waals surface area (Å²) in [6.07, 6.45) is 1.25. The number of nitrogens with zero attached hydrogens (tertiary/aromatic N) is 1. The van der Waals surface area contributed by atoms with Gasteiger partial charge in [-0.2, -0.15) is 0 Å². The molecule has 1 heterocycles. The second-order valence-electron chi connectivity index (χ2n) is 6.33. The lowest BCUT2D eigenvalue weighted by atomic mass is 10.1. The molecule has 0 aliphatic rings. The Morgan fingerprint density at radius 1 is 0.862 bits per heavy atom. The number of pyridine rings is 1. The second kappa shape index (κ2) is 8.14. The Balaban J connectivity index is 1.81. The summed E-state index contributed by atoms with van der Waals surface area (Å²) in [5, 5.41) is 4.90. The minimum atomic E-state index is -1.69. The van der Waals surface area contributed by atoms with Gasteiger partial charge in [0.25, 0.3) is 11.8 Å². The summed E-state index contributed by atoms with van der Waals surface area (Å²) >= 11 is 0. The molecule has 0 saturated carbocycles. The van der Waals surface area contributed by atoms with Crippen molar-refractivity contribution in [2.24, 2.45) is 0 Å². The third-order valence-electron chi connectivity index (χ3n) is 4.26.